The van der Waals surface area contributed by atoms with E-state index in [0.29, 0.717) is 28.2 Å². The van der Waals surface area contributed by atoms with Gasteiger partial charge in [0, 0.05) is 11.6 Å². The van der Waals surface area contributed by atoms with Crippen molar-refractivity contribution in [1.29, 1.82) is 0 Å². The maximum atomic E-state index is 12.2. The summed E-state index contributed by atoms with van der Waals surface area (Å²) in [6.45, 7) is 0. The molecule has 0 saturated heterocycles. The third kappa shape index (κ3) is 2.04. The summed E-state index contributed by atoms with van der Waals surface area (Å²) in [4.78, 5) is 15.1. The third-order valence-corrected chi connectivity index (χ3v) is 4.01. The van der Waals surface area contributed by atoms with Crippen molar-refractivity contribution in [3.63, 3.8) is 0 Å². The fraction of sp³-hybridized carbons (Fsp3) is 0.111. The molecular weight excluding hydrogens is 306 g/mol. The second-order valence-corrected chi connectivity index (χ2v) is 5.34. The Bertz CT molecular complexity index is 1110. The molecule has 1 N–H and O–H groups in total. The quantitative estimate of drug-likeness (QED) is 0.630. The minimum absolute atomic E-state index is 0.137. The van der Waals surface area contributed by atoms with Crippen molar-refractivity contribution in [3.05, 3.63) is 58.9 Å². The van der Waals surface area contributed by atoms with E-state index in [0.717, 1.165) is 11.1 Å². The number of rotatable bonds is 3. The van der Waals surface area contributed by atoms with Crippen LogP contribution >= 0.6 is 0 Å². The Labute approximate surface area is 137 Å². The van der Waals surface area contributed by atoms with E-state index in [9.17, 15) is 4.79 Å². The number of H-pyrrole nitrogens is 1. The Hall–Kier alpha value is -3.28. The Morgan fingerprint density at radius 1 is 1.04 bits per heavy atom. The minimum Gasteiger partial charge on any atom is -0.493 e. The molecular formula is C18H15N3O3. The second-order valence-electron chi connectivity index (χ2n) is 5.34. The highest BCUT2D eigenvalue weighted by Gasteiger charge is 2.15. The molecule has 0 atom stereocenters. The predicted octanol–water partition coefficient (Wildman–Crippen LogP) is 2.86. The van der Waals surface area contributed by atoms with Crippen LogP contribution in [0, 0.1) is 0 Å². The lowest BCUT2D eigenvalue weighted by atomic mass is 10.1. The molecule has 6 heteroatoms. The van der Waals surface area contributed by atoms with Gasteiger partial charge in [0.15, 0.2) is 11.5 Å². The largest absolute Gasteiger partial charge is 0.493 e. The van der Waals surface area contributed by atoms with Crippen molar-refractivity contribution in [2.75, 3.05) is 14.2 Å². The molecule has 0 amide bonds. The van der Waals surface area contributed by atoms with Gasteiger partial charge < -0.3 is 14.5 Å². The summed E-state index contributed by atoms with van der Waals surface area (Å²) in [7, 11) is 3.19. The molecule has 24 heavy (non-hydrogen) atoms. The number of hydrogen-bond donors (Lipinski definition) is 1. The van der Waals surface area contributed by atoms with E-state index in [4.69, 9.17) is 9.47 Å². The van der Waals surface area contributed by atoms with Crippen LogP contribution < -0.4 is 15.0 Å². The van der Waals surface area contributed by atoms with Gasteiger partial charge in [0.25, 0.3) is 5.56 Å². The standard InChI is InChI=1S/C18H15N3O3/c1-23-15-9-5-7-11(17(15)24-2)13-10-16-19-18(22)12-6-3-4-8-14(12)21(16)20-13/h3-10H,1-2H3,(H,19,22). The Morgan fingerprint density at radius 3 is 2.67 bits per heavy atom. The van der Waals surface area contributed by atoms with E-state index < -0.39 is 0 Å². The van der Waals surface area contributed by atoms with E-state index >= 15 is 0 Å². The number of aromatic nitrogens is 3. The van der Waals surface area contributed by atoms with Gasteiger partial charge in [0.1, 0.15) is 5.65 Å². The lowest BCUT2D eigenvalue weighted by Crippen LogP contribution is -2.09. The van der Waals surface area contributed by atoms with E-state index in [-0.39, 0.29) is 5.56 Å². The highest BCUT2D eigenvalue weighted by Crippen LogP contribution is 2.37. The Balaban J connectivity index is 2.03. The van der Waals surface area contributed by atoms with Crippen molar-refractivity contribution in [2.45, 2.75) is 0 Å². The fourth-order valence-electron chi connectivity index (χ4n) is 2.91. The molecule has 0 unspecified atom stereocenters. The predicted molar refractivity (Wildman–Crippen MR) is 91.9 cm³/mol. The fourth-order valence-corrected chi connectivity index (χ4v) is 2.91. The number of benzene rings is 2. The molecule has 0 fully saturated rings. The molecule has 2 aromatic carbocycles. The number of hydrogen-bond acceptors (Lipinski definition) is 4. The van der Waals surface area contributed by atoms with Crippen LogP contribution in [0.3, 0.4) is 0 Å². The maximum Gasteiger partial charge on any atom is 0.259 e. The zero-order valence-corrected chi connectivity index (χ0v) is 13.2. The van der Waals surface area contributed by atoms with Crippen LogP contribution in [-0.4, -0.2) is 28.8 Å². The van der Waals surface area contributed by atoms with Crippen LogP contribution in [0.5, 0.6) is 11.5 Å². The summed E-state index contributed by atoms with van der Waals surface area (Å²) in [6, 6.07) is 14.8. The molecule has 0 spiro atoms. The van der Waals surface area contributed by atoms with Crippen LogP contribution in [-0.2, 0) is 0 Å². The molecule has 6 nitrogen and oxygen atoms in total. The molecule has 0 bridgehead atoms. The number of nitrogens with one attached hydrogen (secondary N) is 1. The first-order valence-corrected chi connectivity index (χ1v) is 7.45. The van der Waals surface area contributed by atoms with E-state index in [1.165, 1.54) is 0 Å². The van der Waals surface area contributed by atoms with Gasteiger partial charge in [-0.05, 0) is 24.3 Å². The Kier molecular flexibility index (Phi) is 3.23. The topological polar surface area (TPSA) is 68.6 Å². The van der Waals surface area contributed by atoms with Gasteiger partial charge >= 0.3 is 0 Å². The summed E-state index contributed by atoms with van der Waals surface area (Å²) in [5.74, 6) is 1.24. The lowest BCUT2D eigenvalue weighted by molar-refractivity contribution is 0.356. The number of aromatic amines is 1. The molecule has 0 radical (unpaired) electrons. The molecule has 4 rings (SSSR count). The summed E-state index contributed by atoms with van der Waals surface area (Å²) >= 11 is 0. The SMILES string of the molecule is COc1cccc(-c2cc3[nH]c(=O)c4ccccc4n3n2)c1OC. The summed E-state index contributed by atoms with van der Waals surface area (Å²) in [5, 5.41) is 5.24. The van der Waals surface area contributed by atoms with Gasteiger partial charge in [0.2, 0.25) is 0 Å². The van der Waals surface area contributed by atoms with Crippen LogP contribution in [0.15, 0.2) is 53.3 Å². The van der Waals surface area contributed by atoms with Crippen molar-refractivity contribution in [1.82, 2.24) is 14.6 Å². The number of nitrogens with zero attached hydrogens (tertiary/aromatic N) is 2. The zero-order chi connectivity index (χ0) is 16.7. The zero-order valence-electron chi connectivity index (χ0n) is 13.2. The third-order valence-electron chi connectivity index (χ3n) is 4.01. The first-order valence-electron chi connectivity index (χ1n) is 7.45. The van der Waals surface area contributed by atoms with Crippen molar-refractivity contribution in [2.24, 2.45) is 0 Å². The van der Waals surface area contributed by atoms with E-state index in [2.05, 4.69) is 10.1 Å². The molecule has 0 aliphatic carbocycles. The summed E-state index contributed by atoms with van der Waals surface area (Å²) in [5.41, 5.74) is 2.73. The Morgan fingerprint density at radius 2 is 1.88 bits per heavy atom. The molecule has 120 valence electrons. The van der Waals surface area contributed by atoms with Gasteiger partial charge in [-0.2, -0.15) is 5.10 Å². The molecule has 0 aliphatic rings. The molecule has 2 aromatic heterocycles. The van der Waals surface area contributed by atoms with Crippen LogP contribution in [0.4, 0.5) is 0 Å². The monoisotopic (exact) mass is 321 g/mol. The number of methoxy groups -OCH3 is 2. The van der Waals surface area contributed by atoms with Gasteiger partial charge in [-0.3, -0.25) is 4.79 Å². The number of ether oxygens (including phenoxy) is 2. The van der Waals surface area contributed by atoms with Crippen molar-refractivity contribution in [3.8, 4) is 22.8 Å². The van der Waals surface area contributed by atoms with E-state index in [1.54, 1.807) is 24.8 Å². The maximum absolute atomic E-state index is 12.2. The average Bonchev–Trinajstić information content (AvgIpc) is 3.05. The van der Waals surface area contributed by atoms with Gasteiger partial charge in [0.05, 0.1) is 30.8 Å². The van der Waals surface area contributed by atoms with Crippen LogP contribution in [0.1, 0.15) is 0 Å². The highest BCUT2D eigenvalue weighted by molar-refractivity contribution is 5.82. The van der Waals surface area contributed by atoms with Crippen molar-refractivity contribution >= 4 is 16.6 Å². The first-order chi connectivity index (χ1) is 11.7. The van der Waals surface area contributed by atoms with Gasteiger partial charge in [-0.25, -0.2) is 4.52 Å². The lowest BCUT2D eigenvalue weighted by Gasteiger charge is -2.10. The molecule has 4 aromatic rings. The minimum atomic E-state index is -0.137. The van der Waals surface area contributed by atoms with E-state index in [1.807, 2.05) is 42.5 Å². The smallest absolute Gasteiger partial charge is 0.259 e. The van der Waals surface area contributed by atoms with Gasteiger partial charge in [-0.1, -0.05) is 18.2 Å². The highest BCUT2D eigenvalue weighted by atomic mass is 16.5. The summed E-state index contributed by atoms with van der Waals surface area (Å²) < 4.78 is 12.6. The van der Waals surface area contributed by atoms with Crippen LogP contribution in [0.2, 0.25) is 0 Å². The molecule has 0 saturated carbocycles. The first kappa shape index (κ1) is 14.3. The number of fused-ring (bicyclic) bond motifs is 3. The number of para-hydroxylation sites is 2. The van der Waals surface area contributed by atoms with Crippen LogP contribution in [0.25, 0.3) is 27.8 Å². The molecule has 2 heterocycles. The molecule has 0 aliphatic heterocycles. The normalized spacial score (nSPS) is 11.1. The van der Waals surface area contributed by atoms with Crippen molar-refractivity contribution < 1.29 is 9.47 Å². The average molecular weight is 321 g/mol. The van der Waals surface area contributed by atoms with Gasteiger partial charge in [-0.15, -0.1) is 0 Å². The summed E-state index contributed by atoms with van der Waals surface area (Å²) in [6.07, 6.45) is 0. The second kappa shape index (κ2) is 5.42.